The van der Waals surface area contributed by atoms with E-state index in [1.165, 1.54) is 26.0 Å². The van der Waals surface area contributed by atoms with Crippen LogP contribution in [0.15, 0.2) is 54.3 Å². The first-order valence-electron chi connectivity index (χ1n) is 8.79. The number of esters is 2. The number of carbonyl (C=O) groups is 2. The highest BCUT2D eigenvalue weighted by atomic mass is 19.4. The minimum Gasteiger partial charge on any atom is -0.462 e. The number of ether oxygens (including phenoxy) is 4. The molecule has 2 rings (SSSR count). The number of hydrogen-bond acceptors (Lipinski definition) is 6. The maximum absolute atomic E-state index is 12.3. The fourth-order valence-corrected chi connectivity index (χ4v) is 2.47. The molecule has 0 radical (unpaired) electrons. The van der Waals surface area contributed by atoms with E-state index in [9.17, 15) is 22.8 Å². The van der Waals surface area contributed by atoms with Crippen LogP contribution in [0.5, 0.6) is 17.2 Å². The van der Waals surface area contributed by atoms with Gasteiger partial charge in [0.1, 0.15) is 28.6 Å². The molecule has 6 nitrogen and oxygen atoms in total. The van der Waals surface area contributed by atoms with E-state index in [-0.39, 0.29) is 29.4 Å². The molecule has 0 bridgehead atoms. The van der Waals surface area contributed by atoms with Crippen LogP contribution in [0.3, 0.4) is 0 Å². The van der Waals surface area contributed by atoms with E-state index < -0.39 is 18.3 Å². The van der Waals surface area contributed by atoms with Gasteiger partial charge in [0.15, 0.2) is 0 Å². The standard InChI is InChI=1S/C21H19F3O6/c1-4-27-20(26)19(13(2)28-14(3)25)15-5-7-16(8-6-15)29-17-9-11-18(12-10-17)30-21(22,23)24/h5-12H,4H2,1-3H3/b19-13-. The topological polar surface area (TPSA) is 71.1 Å². The lowest BCUT2D eigenvalue weighted by atomic mass is 10.0. The molecule has 0 aromatic heterocycles. The summed E-state index contributed by atoms with van der Waals surface area (Å²) >= 11 is 0. The summed E-state index contributed by atoms with van der Waals surface area (Å²) in [5.74, 6) is -0.839. The molecule has 0 atom stereocenters. The van der Waals surface area contributed by atoms with Gasteiger partial charge in [-0.05, 0) is 55.8 Å². The fraction of sp³-hybridized carbons (Fsp3) is 0.238. The molecular weight excluding hydrogens is 405 g/mol. The summed E-state index contributed by atoms with van der Waals surface area (Å²) in [7, 11) is 0. The van der Waals surface area contributed by atoms with Gasteiger partial charge in [-0.2, -0.15) is 0 Å². The second-order valence-corrected chi connectivity index (χ2v) is 5.89. The Morgan fingerprint density at radius 3 is 1.83 bits per heavy atom. The third kappa shape index (κ3) is 6.84. The minimum absolute atomic E-state index is 0.0900. The van der Waals surface area contributed by atoms with Crippen LogP contribution in [-0.4, -0.2) is 24.9 Å². The van der Waals surface area contributed by atoms with Crippen molar-refractivity contribution in [2.75, 3.05) is 6.61 Å². The molecule has 0 aliphatic carbocycles. The van der Waals surface area contributed by atoms with E-state index in [4.69, 9.17) is 14.2 Å². The predicted octanol–water partition coefficient (Wildman–Crippen LogP) is 5.23. The van der Waals surface area contributed by atoms with Gasteiger partial charge in [-0.25, -0.2) is 4.79 Å². The van der Waals surface area contributed by atoms with Crippen LogP contribution in [-0.2, 0) is 19.1 Å². The van der Waals surface area contributed by atoms with Crippen LogP contribution < -0.4 is 9.47 Å². The largest absolute Gasteiger partial charge is 0.573 e. The van der Waals surface area contributed by atoms with E-state index in [1.54, 1.807) is 31.2 Å². The first-order valence-corrected chi connectivity index (χ1v) is 8.79. The van der Waals surface area contributed by atoms with Crippen LogP contribution in [0.4, 0.5) is 13.2 Å². The van der Waals surface area contributed by atoms with E-state index in [0.29, 0.717) is 11.3 Å². The van der Waals surface area contributed by atoms with Gasteiger partial charge < -0.3 is 18.9 Å². The maximum Gasteiger partial charge on any atom is 0.573 e. The number of allylic oxidation sites excluding steroid dienone is 1. The van der Waals surface area contributed by atoms with Crippen molar-refractivity contribution in [2.45, 2.75) is 27.1 Å². The lowest BCUT2D eigenvalue weighted by molar-refractivity contribution is -0.274. The Balaban J connectivity index is 2.19. The molecule has 0 unspecified atom stereocenters. The Morgan fingerprint density at radius 2 is 1.37 bits per heavy atom. The summed E-state index contributed by atoms with van der Waals surface area (Å²) in [6, 6.07) is 11.1. The lowest BCUT2D eigenvalue weighted by Gasteiger charge is -2.12. The highest BCUT2D eigenvalue weighted by molar-refractivity contribution is 6.17. The van der Waals surface area contributed by atoms with Crippen LogP contribution in [0.25, 0.3) is 5.57 Å². The van der Waals surface area contributed by atoms with Gasteiger partial charge in [-0.15, -0.1) is 13.2 Å². The van der Waals surface area contributed by atoms with Gasteiger partial charge in [0.25, 0.3) is 0 Å². The van der Waals surface area contributed by atoms with Gasteiger partial charge in [-0.1, -0.05) is 12.1 Å². The average Bonchev–Trinajstić information content (AvgIpc) is 2.63. The van der Waals surface area contributed by atoms with Gasteiger partial charge >= 0.3 is 18.3 Å². The van der Waals surface area contributed by atoms with Crippen molar-refractivity contribution in [3.8, 4) is 17.2 Å². The molecule has 0 fully saturated rings. The Bertz CT molecular complexity index is 915. The van der Waals surface area contributed by atoms with Gasteiger partial charge in [0, 0.05) is 6.92 Å². The minimum atomic E-state index is -4.77. The summed E-state index contributed by atoms with van der Waals surface area (Å²) in [5.41, 5.74) is 0.528. The normalized spacial score (nSPS) is 11.9. The molecule has 0 saturated heterocycles. The summed E-state index contributed by atoms with van der Waals surface area (Å²) in [4.78, 5) is 23.5. The first kappa shape index (κ1) is 22.8. The SMILES string of the molecule is CCOC(=O)/C(=C(/C)OC(C)=O)c1ccc(Oc2ccc(OC(F)(F)F)cc2)cc1. The Morgan fingerprint density at radius 1 is 0.867 bits per heavy atom. The third-order valence-electron chi connectivity index (χ3n) is 3.56. The predicted molar refractivity (Wildman–Crippen MR) is 101 cm³/mol. The van der Waals surface area contributed by atoms with Crippen LogP contribution in [0.1, 0.15) is 26.3 Å². The molecule has 9 heteroatoms. The Labute approximate surface area is 170 Å². The quantitative estimate of drug-likeness (QED) is 0.344. The number of alkyl halides is 3. The molecule has 0 aliphatic rings. The number of hydrogen-bond donors (Lipinski definition) is 0. The second kappa shape index (κ2) is 9.82. The van der Waals surface area contributed by atoms with E-state index in [0.717, 1.165) is 12.1 Å². The molecule has 0 saturated carbocycles. The van der Waals surface area contributed by atoms with Crippen LogP contribution in [0.2, 0.25) is 0 Å². The highest BCUT2D eigenvalue weighted by Crippen LogP contribution is 2.29. The van der Waals surface area contributed by atoms with Gasteiger partial charge in [0.2, 0.25) is 0 Å². The maximum atomic E-state index is 12.3. The number of carbonyl (C=O) groups excluding carboxylic acids is 2. The van der Waals surface area contributed by atoms with E-state index >= 15 is 0 Å². The molecule has 2 aromatic carbocycles. The van der Waals surface area contributed by atoms with Crippen molar-refractivity contribution in [3.05, 3.63) is 59.9 Å². The molecule has 0 spiro atoms. The summed E-state index contributed by atoms with van der Waals surface area (Å²) in [6.07, 6.45) is -4.77. The summed E-state index contributed by atoms with van der Waals surface area (Å²) in [6.45, 7) is 4.49. The zero-order chi connectivity index (χ0) is 22.3. The first-order chi connectivity index (χ1) is 14.1. The molecule has 2 aromatic rings. The van der Waals surface area contributed by atoms with E-state index in [2.05, 4.69) is 4.74 Å². The Hall–Kier alpha value is -3.49. The summed E-state index contributed by atoms with van der Waals surface area (Å²) in [5, 5.41) is 0. The molecule has 160 valence electrons. The van der Waals surface area contributed by atoms with Gasteiger partial charge in [-0.3, -0.25) is 4.79 Å². The molecule has 0 heterocycles. The van der Waals surface area contributed by atoms with Crippen molar-refractivity contribution in [1.82, 2.24) is 0 Å². The van der Waals surface area contributed by atoms with Crippen LogP contribution in [0, 0.1) is 0 Å². The number of benzene rings is 2. The van der Waals surface area contributed by atoms with Crippen molar-refractivity contribution >= 4 is 17.5 Å². The molecular formula is C21H19F3O6. The van der Waals surface area contributed by atoms with E-state index in [1.807, 2.05) is 0 Å². The number of rotatable bonds is 7. The third-order valence-corrected chi connectivity index (χ3v) is 3.56. The van der Waals surface area contributed by atoms with Crippen molar-refractivity contribution in [3.63, 3.8) is 0 Å². The van der Waals surface area contributed by atoms with Crippen molar-refractivity contribution in [2.24, 2.45) is 0 Å². The van der Waals surface area contributed by atoms with Gasteiger partial charge in [0.05, 0.1) is 6.61 Å². The smallest absolute Gasteiger partial charge is 0.462 e. The highest BCUT2D eigenvalue weighted by Gasteiger charge is 2.31. The van der Waals surface area contributed by atoms with Crippen molar-refractivity contribution < 1.29 is 41.7 Å². The molecule has 0 N–H and O–H groups in total. The molecule has 0 amide bonds. The zero-order valence-corrected chi connectivity index (χ0v) is 16.4. The second-order valence-electron chi connectivity index (χ2n) is 5.89. The average molecular weight is 424 g/mol. The lowest BCUT2D eigenvalue weighted by Crippen LogP contribution is -2.16. The zero-order valence-electron chi connectivity index (χ0n) is 16.4. The number of halogens is 3. The molecule has 0 aliphatic heterocycles. The molecule has 30 heavy (non-hydrogen) atoms. The Kier molecular flexibility index (Phi) is 7.46. The van der Waals surface area contributed by atoms with Crippen molar-refractivity contribution in [1.29, 1.82) is 0 Å². The monoisotopic (exact) mass is 424 g/mol. The van der Waals surface area contributed by atoms with Crippen LogP contribution >= 0.6 is 0 Å². The fourth-order valence-electron chi connectivity index (χ4n) is 2.47. The summed E-state index contributed by atoms with van der Waals surface area (Å²) < 4.78 is 56.0.